The molecule has 0 spiro atoms. The summed E-state index contributed by atoms with van der Waals surface area (Å²) in [5.41, 5.74) is 0. The van der Waals surface area contributed by atoms with Gasteiger partial charge >= 0.3 is 126 Å². The van der Waals surface area contributed by atoms with E-state index >= 15 is 0 Å². The van der Waals surface area contributed by atoms with Crippen LogP contribution >= 0.6 is 0 Å². The normalized spacial score (nSPS) is 12.9. The van der Waals surface area contributed by atoms with E-state index in [1.165, 1.54) is 38.5 Å². The van der Waals surface area contributed by atoms with Crippen molar-refractivity contribution in [3.05, 3.63) is 0 Å². The molecule has 0 aromatic heterocycles. The number of hydrogen-bond acceptors (Lipinski definition) is 1. The van der Waals surface area contributed by atoms with Gasteiger partial charge in [-0.1, -0.05) is 0 Å². The van der Waals surface area contributed by atoms with E-state index in [-0.39, 0.29) is 0 Å². The molecule has 0 radical (unpaired) electrons. The van der Waals surface area contributed by atoms with Crippen molar-refractivity contribution in [3.63, 3.8) is 0 Å². The van der Waals surface area contributed by atoms with Crippen molar-refractivity contribution in [3.8, 4) is 0 Å². The molecule has 0 aliphatic rings. The zero-order chi connectivity index (χ0) is 14.8. The van der Waals surface area contributed by atoms with Gasteiger partial charge in [0.15, 0.2) is 0 Å². The molecular formula is C17H38OSn. The molecule has 116 valence electrons. The SMILES string of the molecule is CCC[CH2][Sn]([CH2]CCC)([CH2]CCC)[C](C)(C)CCO. The van der Waals surface area contributed by atoms with Gasteiger partial charge in [0, 0.05) is 0 Å². The van der Waals surface area contributed by atoms with Crippen LogP contribution in [0.2, 0.25) is 16.7 Å². The van der Waals surface area contributed by atoms with Gasteiger partial charge in [0.25, 0.3) is 0 Å². The minimum absolute atomic E-state index is 0.385. The van der Waals surface area contributed by atoms with E-state index in [0.29, 0.717) is 10.0 Å². The Kier molecular flexibility index (Phi) is 10.9. The Hall–Kier alpha value is 0.759. The summed E-state index contributed by atoms with van der Waals surface area (Å²) >= 11 is -2.14. The quantitative estimate of drug-likeness (QED) is 0.414. The Labute approximate surface area is 126 Å². The summed E-state index contributed by atoms with van der Waals surface area (Å²) in [6.45, 7) is 12.3. The van der Waals surface area contributed by atoms with Gasteiger partial charge in [0.2, 0.25) is 0 Å². The van der Waals surface area contributed by atoms with Gasteiger partial charge in [0.05, 0.1) is 0 Å². The fraction of sp³-hybridized carbons (Fsp3) is 1.00. The third kappa shape index (κ3) is 6.37. The monoisotopic (exact) mass is 378 g/mol. The molecular weight excluding hydrogens is 339 g/mol. The average Bonchev–Trinajstić information content (AvgIpc) is 2.38. The molecule has 0 aromatic carbocycles. The van der Waals surface area contributed by atoms with Gasteiger partial charge in [-0.2, -0.15) is 0 Å². The van der Waals surface area contributed by atoms with Crippen LogP contribution in [0.15, 0.2) is 0 Å². The van der Waals surface area contributed by atoms with Crippen LogP contribution in [0.4, 0.5) is 0 Å². The van der Waals surface area contributed by atoms with E-state index in [4.69, 9.17) is 0 Å². The molecule has 0 rings (SSSR count). The van der Waals surface area contributed by atoms with Crippen molar-refractivity contribution in [1.29, 1.82) is 0 Å². The molecule has 1 nitrogen and oxygen atoms in total. The zero-order valence-corrected chi connectivity index (χ0v) is 17.1. The third-order valence-electron chi connectivity index (χ3n) is 5.20. The molecule has 19 heavy (non-hydrogen) atoms. The van der Waals surface area contributed by atoms with Crippen LogP contribution in [-0.2, 0) is 0 Å². The predicted octanol–water partition coefficient (Wildman–Crippen LogP) is 6.00. The first-order chi connectivity index (χ1) is 8.99. The second-order valence-corrected chi connectivity index (χ2v) is 22.4. The Morgan fingerprint density at radius 2 is 1.16 bits per heavy atom. The van der Waals surface area contributed by atoms with Gasteiger partial charge in [0.1, 0.15) is 0 Å². The van der Waals surface area contributed by atoms with Crippen LogP contribution in [0.1, 0.15) is 79.6 Å². The summed E-state index contributed by atoms with van der Waals surface area (Å²) in [6.07, 6.45) is 9.35. The van der Waals surface area contributed by atoms with Crippen LogP contribution in [-0.4, -0.2) is 30.1 Å². The van der Waals surface area contributed by atoms with E-state index < -0.39 is 18.4 Å². The number of hydrogen-bond donors (Lipinski definition) is 1. The van der Waals surface area contributed by atoms with E-state index in [0.717, 1.165) is 6.42 Å². The van der Waals surface area contributed by atoms with Crippen molar-refractivity contribution >= 4 is 18.4 Å². The van der Waals surface area contributed by atoms with Gasteiger partial charge in [-0.3, -0.25) is 0 Å². The first-order valence-corrected chi connectivity index (χ1v) is 16.1. The summed E-state index contributed by atoms with van der Waals surface area (Å²) in [4.78, 5) is 0. The number of aliphatic hydroxyl groups excluding tert-OH is 1. The summed E-state index contributed by atoms with van der Waals surface area (Å²) < 4.78 is 5.14. The second kappa shape index (κ2) is 10.5. The van der Waals surface area contributed by atoms with E-state index in [1.807, 2.05) is 0 Å². The first-order valence-electron chi connectivity index (χ1n) is 8.60. The summed E-state index contributed by atoms with van der Waals surface area (Å²) in [6, 6.07) is 0. The van der Waals surface area contributed by atoms with E-state index in [1.54, 1.807) is 13.3 Å². The van der Waals surface area contributed by atoms with E-state index in [9.17, 15) is 5.11 Å². The molecule has 0 aliphatic carbocycles. The van der Waals surface area contributed by atoms with Crippen LogP contribution in [0.25, 0.3) is 0 Å². The van der Waals surface area contributed by atoms with Crippen molar-refractivity contribution in [1.82, 2.24) is 0 Å². The molecule has 0 heterocycles. The van der Waals surface area contributed by atoms with Crippen LogP contribution < -0.4 is 0 Å². The molecule has 0 atom stereocenters. The minimum atomic E-state index is -2.14. The van der Waals surface area contributed by atoms with Crippen molar-refractivity contribution in [2.24, 2.45) is 0 Å². The molecule has 0 saturated carbocycles. The molecule has 0 bridgehead atoms. The van der Waals surface area contributed by atoms with Crippen LogP contribution in [0.3, 0.4) is 0 Å². The molecule has 1 N–H and O–H groups in total. The van der Waals surface area contributed by atoms with Gasteiger partial charge < -0.3 is 0 Å². The zero-order valence-electron chi connectivity index (χ0n) is 14.2. The second-order valence-electron chi connectivity index (χ2n) is 6.95. The summed E-state index contributed by atoms with van der Waals surface area (Å²) in [5, 5.41) is 9.48. The molecule has 2 heteroatoms. The fourth-order valence-electron chi connectivity index (χ4n) is 3.48. The van der Waals surface area contributed by atoms with Gasteiger partial charge in [-0.15, -0.1) is 0 Å². The standard InChI is InChI=1S/C5H11O.3C4H9.Sn/c1-5(2)3-4-6;3*1-3-4-2;/h6H,3-4H2,1-2H3;3*1,3-4H2,2H3;. The van der Waals surface area contributed by atoms with Crippen molar-refractivity contribution < 1.29 is 5.11 Å². The van der Waals surface area contributed by atoms with Crippen molar-refractivity contribution in [2.75, 3.05) is 6.61 Å². The maximum absolute atomic E-state index is 9.48. The Balaban J connectivity index is 5.06. The molecule has 0 fully saturated rings. The molecule has 0 saturated heterocycles. The van der Waals surface area contributed by atoms with Gasteiger partial charge in [-0.25, -0.2) is 0 Å². The van der Waals surface area contributed by atoms with Gasteiger partial charge in [-0.05, 0) is 0 Å². The molecule has 0 aliphatic heterocycles. The molecule has 0 unspecified atom stereocenters. The predicted molar refractivity (Wildman–Crippen MR) is 90.6 cm³/mol. The Bertz CT molecular complexity index is 192. The maximum atomic E-state index is 9.48. The Morgan fingerprint density at radius 1 is 0.789 bits per heavy atom. The van der Waals surface area contributed by atoms with E-state index in [2.05, 4.69) is 34.6 Å². The fourth-order valence-corrected chi connectivity index (χ4v) is 22.1. The average molecular weight is 377 g/mol. The first kappa shape index (κ1) is 19.8. The number of rotatable bonds is 12. The number of unbranched alkanes of at least 4 members (excludes halogenated alkanes) is 3. The van der Waals surface area contributed by atoms with Crippen LogP contribution in [0, 0.1) is 0 Å². The van der Waals surface area contributed by atoms with Crippen LogP contribution in [0.5, 0.6) is 0 Å². The summed E-state index contributed by atoms with van der Waals surface area (Å²) in [7, 11) is 0. The molecule has 0 amide bonds. The summed E-state index contributed by atoms with van der Waals surface area (Å²) in [5.74, 6) is 0. The molecule has 0 aromatic rings. The topological polar surface area (TPSA) is 20.2 Å². The Morgan fingerprint density at radius 3 is 1.42 bits per heavy atom. The van der Waals surface area contributed by atoms with Crippen molar-refractivity contribution in [2.45, 2.75) is 96.3 Å². The third-order valence-corrected chi connectivity index (χ3v) is 25.3. The number of aliphatic hydroxyl groups is 1.